The number of benzene rings is 2. The topological polar surface area (TPSA) is 73.9 Å². The van der Waals surface area contributed by atoms with Crippen LogP contribution in [0.1, 0.15) is 31.1 Å². The van der Waals surface area contributed by atoms with Crippen molar-refractivity contribution in [2.45, 2.75) is 26.9 Å². The molecule has 1 unspecified atom stereocenters. The third-order valence-electron chi connectivity index (χ3n) is 3.46. The lowest BCUT2D eigenvalue weighted by atomic mass is 10.2. The second kappa shape index (κ2) is 9.46. The van der Waals surface area contributed by atoms with Gasteiger partial charge in [0.05, 0.1) is 18.8 Å². The third-order valence-corrected chi connectivity index (χ3v) is 3.46. The van der Waals surface area contributed by atoms with E-state index in [1.54, 1.807) is 62.4 Å². The van der Waals surface area contributed by atoms with E-state index in [2.05, 4.69) is 5.32 Å². The smallest absolute Gasteiger partial charge is 0.338 e. The molecule has 26 heavy (non-hydrogen) atoms. The number of hydrogen-bond acceptors (Lipinski definition) is 5. The molecule has 6 heteroatoms. The Morgan fingerprint density at radius 1 is 1.00 bits per heavy atom. The molecule has 0 aliphatic rings. The summed E-state index contributed by atoms with van der Waals surface area (Å²) in [6, 6.07) is 13.6. The van der Waals surface area contributed by atoms with Gasteiger partial charge in [-0.1, -0.05) is 6.07 Å². The van der Waals surface area contributed by atoms with Crippen molar-refractivity contribution in [1.82, 2.24) is 0 Å². The molecule has 0 bridgehead atoms. The summed E-state index contributed by atoms with van der Waals surface area (Å²) in [5.74, 6) is 0.561. The SMILES string of the molecule is CCOC(=O)c1cccc(NC(=O)C(C)Oc2ccc(OCC)cc2)c1. The van der Waals surface area contributed by atoms with Crippen LogP contribution in [0.3, 0.4) is 0 Å². The fourth-order valence-electron chi connectivity index (χ4n) is 2.22. The van der Waals surface area contributed by atoms with Crippen LogP contribution < -0.4 is 14.8 Å². The lowest BCUT2D eigenvalue weighted by Crippen LogP contribution is -2.30. The number of amides is 1. The normalized spacial score (nSPS) is 11.3. The molecular weight excluding hydrogens is 334 g/mol. The Kier molecular flexibility index (Phi) is 7.02. The van der Waals surface area contributed by atoms with Crippen molar-refractivity contribution in [1.29, 1.82) is 0 Å². The second-order valence-electron chi connectivity index (χ2n) is 5.46. The molecule has 0 saturated carbocycles. The molecule has 2 aromatic rings. The maximum absolute atomic E-state index is 12.3. The molecule has 0 heterocycles. The van der Waals surface area contributed by atoms with Crippen LogP contribution in [-0.4, -0.2) is 31.2 Å². The predicted molar refractivity (Wildman–Crippen MR) is 98.7 cm³/mol. The quantitative estimate of drug-likeness (QED) is 0.730. The molecule has 138 valence electrons. The van der Waals surface area contributed by atoms with Gasteiger partial charge in [0.15, 0.2) is 6.10 Å². The summed E-state index contributed by atoms with van der Waals surface area (Å²) in [6.45, 7) is 6.18. The first-order valence-corrected chi connectivity index (χ1v) is 8.51. The zero-order valence-corrected chi connectivity index (χ0v) is 15.2. The van der Waals surface area contributed by atoms with Gasteiger partial charge in [-0.2, -0.15) is 0 Å². The molecule has 2 rings (SSSR count). The van der Waals surface area contributed by atoms with Crippen molar-refractivity contribution in [2.24, 2.45) is 0 Å². The van der Waals surface area contributed by atoms with Gasteiger partial charge in [0.2, 0.25) is 0 Å². The molecule has 6 nitrogen and oxygen atoms in total. The van der Waals surface area contributed by atoms with Crippen molar-refractivity contribution >= 4 is 17.6 Å². The molecule has 1 atom stereocenters. The highest BCUT2D eigenvalue weighted by Crippen LogP contribution is 2.19. The summed E-state index contributed by atoms with van der Waals surface area (Å²) < 4.78 is 16.0. The minimum atomic E-state index is -0.709. The largest absolute Gasteiger partial charge is 0.494 e. The highest BCUT2D eigenvalue weighted by atomic mass is 16.5. The number of ether oxygens (including phenoxy) is 3. The van der Waals surface area contributed by atoms with Crippen LogP contribution in [0.15, 0.2) is 48.5 Å². The maximum Gasteiger partial charge on any atom is 0.338 e. The molecule has 0 aliphatic carbocycles. The van der Waals surface area contributed by atoms with Crippen molar-refractivity contribution in [2.75, 3.05) is 18.5 Å². The molecule has 2 aromatic carbocycles. The van der Waals surface area contributed by atoms with Gasteiger partial charge < -0.3 is 19.5 Å². The minimum absolute atomic E-state index is 0.294. The summed E-state index contributed by atoms with van der Waals surface area (Å²) in [4.78, 5) is 24.1. The Hall–Kier alpha value is -3.02. The summed E-state index contributed by atoms with van der Waals surface area (Å²) >= 11 is 0. The van der Waals surface area contributed by atoms with Crippen LogP contribution in [-0.2, 0) is 9.53 Å². The number of carbonyl (C=O) groups is 2. The average Bonchev–Trinajstić information content (AvgIpc) is 2.64. The van der Waals surface area contributed by atoms with E-state index in [1.807, 2.05) is 6.92 Å². The van der Waals surface area contributed by atoms with E-state index >= 15 is 0 Å². The average molecular weight is 357 g/mol. The number of hydrogen-bond donors (Lipinski definition) is 1. The summed E-state index contributed by atoms with van der Waals surface area (Å²) in [5.41, 5.74) is 0.882. The van der Waals surface area contributed by atoms with E-state index in [0.29, 0.717) is 30.2 Å². The zero-order chi connectivity index (χ0) is 18.9. The van der Waals surface area contributed by atoms with Crippen LogP contribution in [0.2, 0.25) is 0 Å². The summed E-state index contributed by atoms with van der Waals surface area (Å²) in [7, 11) is 0. The lowest BCUT2D eigenvalue weighted by molar-refractivity contribution is -0.122. The molecule has 0 spiro atoms. The van der Waals surface area contributed by atoms with E-state index < -0.39 is 12.1 Å². The minimum Gasteiger partial charge on any atom is -0.494 e. The first-order valence-electron chi connectivity index (χ1n) is 8.51. The van der Waals surface area contributed by atoms with E-state index in [-0.39, 0.29) is 5.91 Å². The van der Waals surface area contributed by atoms with Crippen LogP contribution in [0, 0.1) is 0 Å². The Balaban J connectivity index is 1.96. The number of nitrogens with one attached hydrogen (secondary N) is 1. The monoisotopic (exact) mass is 357 g/mol. The van der Waals surface area contributed by atoms with Gasteiger partial charge in [0.25, 0.3) is 5.91 Å². The summed E-state index contributed by atoms with van der Waals surface area (Å²) in [6.07, 6.45) is -0.709. The van der Waals surface area contributed by atoms with E-state index in [1.165, 1.54) is 0 Å². The van der Waals surface area contributed by atoms with Gasteiger partial charge in [-0.3, -0.25) is 4.79 Å². The Bertz CT molecular complexity index is 742. The van der Waals surface area contributed by atoms with Gasteiger partial charge in [0, 0.05) is 5.69 Å². The fraction of sp³-hybridized carbons (Fsp3) is 0.300. The highest BCUT2D eigenvalue weighted by Gasteiger charge is 2.16. The van der Waals surface area contributed by atoms with Crippen LogP contribution in [0.4, 0.5) is 5.69 Å². The molecule has 0 aliphatic heterocycles. The number of carbonyl (C=O) groups excluding carboxylic acids is 2. The second-order valence-corrected chi connectivity index (χ2v) is 5.46. The molecule has 1 amide bonds. The predicted octanol–water partition coefficient (Wildman–Crippen LogP) is 3.67. The first-order chi connectivity index (χ1) is 12.5. The van der Waals surface area contributed by atoms with Gasteiger partial charge in [-0.25, -0.2) is 4.79 Å². The van der Waals surface area contributed by atoms with Crippen molar-refractivity contribution in [3.05, 3.63) is 54.1 Å². The molecular formula is C20H23NO5. The molecule has 0 aromatic heterocycles. The van der Waals surface area contributed by atoms with Crippen molar-refractivity contribution in [3.63, 3.8) is 0 Å². The maximum atomic E-state index is 12.3. The van der Waals surface area contributed by atoms with E-state index in [0.717, 1.165) is 5.75 Å². The highest BCUT2D eigenvalue weighted by molar-refractivity contribution is 5.96. The standard InChI is InChI=1S/C20H23NO5/c1-4-24-17-9-11-18(12-10-17)26-14(3)19(22)21-16-8-6-7-15(13-16)20(23)25-5-2/h6-14H,4-5H2,1-3H3,(H,21,22). The zero-order valence-electron chi connectivity index (χ0n) is 15.2. The third kappa shape index (κ3) is 5.51. The number of rotatable bonds is 8. The first kappa shape index (κ1) is 19.3. The molecule has 1 N–H and O–H groups in total. The van der Waals surface area contributed by atoms with Crippen LogP contribution in [0.5, 0.6) is 11.5 Å². The molecule has 0 fully saturated rings. The Labute approximate surface area is 153 Å². The number of anilines is 1. The van der Waals surface area contributed by atoms with Gasteiger partial charge in [0.1, 0.15) is 11.5 Å². The Morgan fingerprint density at radius 3 is 2.35 bits per heavy atom. The van der Waals surface area contributed by atoms with Crippen LogP contribution >= 0.6 is 0 Å². The fourth-order valence-corrected chi connectivity index (χ4v) is 2.22. The van der Waals surface area contributed by atoms with Crippen LogP contribution in [0.25, 0.3) is 0 Å². The van der Waals surface area contributed by atoms with Gasteiger partial charge in [-0.05, 0) is 63.2 Å². The van der Waals surface area contributed by atoms with Crippen molar-refractivity contribution < 1.29 is 23.8 Å². The summed E-state index contributed by atoms with van der Waals surface area (Å²) in [5, 5.41) is 2.73. The van der Waals surface area contributed by atoms with Crippen molar-refractivity contribution in [3.8, 4) is 11.5 Å². The van der Waals surface area contributed by atoms with Gasteiger partial charge >= 0.3 is 5.97 Å². The number of esters is 1. The Morgan fingerprint density at radius 2 is 1.69 bits per heavy atom. The van der Waals surface area contributed by atoms with Gasteiger partial charge in [-0.15, -0.1) is 0 Å². The molecule has 0 saturated heterocycles. The van der Waals surface area contributed by atoms with E-state index in [4.69, 9.17) is 14.2 Å². The lowest BCUT2D eigenvalue weighted by Gasteiger charge is -2.15. The molecule has 0 radical (unpaired) electrons. The van der Waals surface area contributed by atoms with E-state index in [9.17, 15) is 9.59 Å².